The highest BCUT2D eigenvalue weighted by Crippen LogP contribution is 2.45. The second-order valence-corrected chi connectivity index (χ2v) is 11.1. The molecule has 4 rings (SSSR count). The van der Waals surface area contributed by atoms with Crippen LogP contribution in [0, 0.1) is 0 Å². The second-order valence-electron chi connectivity index (χ2n) is 8.02. The van der Waals surface area contributed by atoms with E-state index in [9.17, 15) is 4.79 Å². The van der Waals surface area contributed by atoms with E-state index in [4.69, 9.17) is 4.98 Å². The number of hydrogen-bond acceptors (Lipinski definition) is 6. The summed E-state index contributed by atoms with van der Waals surface area (Å²) in [5.74, 6) is 0.0619. The smallest absolute Gasteiger partial charge is 0.226 e. The predicted octanol–water partition coefficient (Wildman–Crippen LogP) is 5.88. The lowest BCUT2D eigenvalue weighted by atomic mass is 10.0. The van der Waals surface area contributed by atoms with Crippen LogP contribution < -0.4 is 10.6 Å². The van der Waals surface area contributed by atoms with Gasteiger partial charge in [-0.25, -0.2) is 4.98 Å². The highest BCUT2D eigenvalue weighted by molar-refractivity contribution is 9.10. The van der Waals surface area contributed by atoms with Gasteiger partial charge in [0.2, 0.25) is 5.91 Å². The number of halogens is 1. The van der Waals surface area contributed by atoms with Gasteiger partial charge < -0.3 is 10.6 Å². The van der Waals surface area contributed by atoms with Crippen LogP contribution in [0.4, 0.5) is 5.00 Å². The van der Waals surface area contributed by atoms with Crippen LogP contribution in [0.3, 0.4) is 0 Å². The minimum absolute atomic E-state index is 0.0619. The molecule has 166 valence electrons. The molecular weight excluding hydrogens is 492 g/mol. The zero-order valence-electron chi connectivity index (χ0n) is 18.3. The average molecular weight is 522 g/mol. The molecular formula is C23H29BrN4OS2. The van der Waals surface area contributed by atoms with E-state index in [2.05, 4.69) is 70.4 Å². The molecule has 1 aliphatic rings. The number of rotatable bonds is 8. The zero-order valence-corrected chi connectivity index (χ0v) is 21.5. The van der Waals surface area contributed by atoms with Crippen LogP contribution in [0.15, 0.2) is 22.7 Å². The van der Waals surface area contributed by atoms with Gasteiger partial charge in [0.15, 0.2) is 0 Å². The summed E-state index contributed by atoms with van der Waals surface area (Å²) in [6, 6.07) is 6.65. The highest BCUT2D eigenvalue weighted by Gasteiger charge is 2.27. The highest BCUT2D eigenvalue weighted by atomic mass is 79.9. The van der Waals surface area contributed by atoms with Crippen molar-refractivity contribution in [3.63, 3.8) is 0 Å². The van der Waals surface area contributed by atoms with Crippen LogP contribution in [0.2, 0.25) is 0 Å². The first-order valence-electron chi connectivity index (χ1n) is 10.9. The van der Waals surface area contributed by atoms with Crippen molar-refractivity contribution in [1.29, 1.82) is 0 Å². The Bertz CT molecular complexity index is 1080. The summed E-state index contributed by atoms with van der Waals surface area (Å²) in [7, 11) is 0. The summed E-state index contributed by atoms with van der Waals surface area (Å²) in [4.78, 5) is 21.5. The number of hydrogen-bond donors (Lipinski definition) is 2. The molecule has 1 atom stereocenters. The summed E-state index contributed by atoms with van der Waals surface area (Å²) >= 11 is 6.98. The van der Waals surface area contributed by atoms with Crippen LogP contribution in [0.5, 0.6) is 0 Å². The molecule has 31 heavy (non-hydrogen) atoms. The number of anilines is 1. The van der Waals surface area contributed by atoms with Gasteiger partial charge in [-0.2, -0.15) is 0 Å². The Balaban J connectivity index is 1.64. The molecule has 0 saturated carbocycles. The van der Waals surface area contributed by atoms with Crippen molar-refractivity contribution in [2.24, 2.45) is 0 Å². The van der Waals surface area contributed by atoms with E-state index in [1.165, 1.54) is 15.1 Å². The van der Waals surface area contributed by atoms with Crippen LogP contribution >= 0.6 is 38.6 Å². The number of aromatic nitrogens is 1. The number of likely N-dealkylation sites (N-methyl/N-ethyl adjacent to an activating group) is 1. The summed E-state index contributed by atoms with van der Waals surface area (Å²) < 4.78 is 2.20. The van der Waals surface area contributed by atoms with E-state index in [1.807, 2.05) is 0 Å². The monoisotopic (exact) mass is 520 g/mol. The Morgan fingerprint density at radius 2 is 2.16 bits per heavy atom. The first kappa shape index (κ1) is 22.9. The van der Waals surface area contributed by atoms with Gasteiger partial charge in [0, 0.05) is 47.0 Å². The fraction of sp³-hybridized carbons (Fsp3) is 0.478. The quantitative estimate of drug-likeness (QED) is 0.389. The Hall–Kier alpha value is -1.32. The third-order valence-corrected chi connectivity index (χ3v) is 8.54. The van der Waals surface area contributed by atoms with Crippen LogP contribution in [0.1, 0.15) is 44.1 Å². The van der Waals surface area contributed by atoms with Crippen molar-refractivity contribution >= 4 is 59.7 Å². The second kappa shape index (κ2) is 10.1. The molecule has 0 bridgehead atoms. The first-order valence-corrected chi connectivity index (χ1v) is 13.4. The average Bonchev–Trinajstić information content (AvgIpc) is 3.32. The number of nitrogens with zero attached hydrogens (tertiary/aromatic N) is 2. The van der Waals surface area contributed by atoms with Gasteiger partial charge in [-0.15, -0.1) is 22.7 Å². The maximum atomic E-state index is 12.7. The zero-order chi connectivity index (χ0) is 22.0. The van der Waals surface area contributed by atoms with E-state index in [0.29, 0.717) is 19.0 Å². The van der Waals surface area contributed by atoms with Crippen LogP contribution in [-0.4, -0.2) is 41.5 Å². The van der Waals surface area contributed by atoms with E-state index in [1.54, 1.807) is 22.7 Å². The van der Waals surface area contributed by atoms with E-state index >= 15 is 0 Å². The molecule has 8 heteroatoms. The largest absolute Gasteiger partial charge is 0.317 e. The fourth-order valence-corrected chi connectivity index (χ4v) is 6.56. The third-order valence-electron chi connectivity index (χ3n) is 5.86. The number of carbonyl (C=O) groups excluding carboxylic acids is 1. The van der Waals surface area contributed by atoms with Gasteiger partial charge in [0.25, 0.3) is 0 Å². The molecule has 1 amide bonds. The van der Waals surface area contributed by atoms with Crippen molar-refractivity contribution in [3.05, 3.63) is 33.1 Å². The van der Waals surface area contributed by atoms with Gasteiger partial charge in [0.1, 0.15) is 10.0 Å². The van der Waals surface area contributed by atoms with Crippen LogP contribution in [0.25, 0.3) is 20.8 Å². The number of thiazole rings is 1. The van der Waals surface area contributed by atoms with Crippen molar-refractivity contribution in [2.75, 3.05) is 25.0 Å². The Labute approximate surface area is 200 Å². The summed E-state index contributed by atoms with van der Waals surface area (Å²) in [5, 5.41) is 8.58. The summed E-state index contributed by atoms with van der Waals surface area (Å²) in [6.45, 7) is 10.2. The minimum atomic E-state index is 0.0619. The van der Waals surface area contributed by atoms with E-state index < -0.39 is 0 Å². The van der Waals surface area contributed by atoms with Gasteiger partial charge in [-0.05, 0) is 50.1 Å². The van der Waals surface area contributed by atoms with Crippen molar-refractivity contribution in [2.45, 2.75) is 52.6 Å². The number of thiophene rings is 1. The maximum absolute atomic E-state index is 12.7. The molecule has 0 spiro atoms. The standard InChI is InChI=1S/C23H29BrN4OS2/c1-4-14(3)25-10-8-20(29)27-23-21(16-9-11-28(5-2)13-19(16)31-23)22-26-17-12-15(24)6-7-18(17)30-22/h6-7,12,14,25H,4-5,8-11,13H2,1-3H3,(H,27,29). The summed E-state index contributed by atoms with van der Waals surface area (Å²) in [5.41, 5.74) is 3.49. The number of fused-ring (bicyclic) bond motifs is 2. The molecule has 0 radical (unpaired) electrons. The molecule has 0 aliphatic carbocycles. The number of benzene rings is 1. The van der Waals surface area contributed by atoms with E-state index in [-0.39, 0.29) is 5.91 Å². The number of amides is 1. The maximum Gasteiger partial charge on any atom is 0.226 e. The Morgan fingerprint density at radius 1 is 1.32 bits per heavy atom. The minimum Gasteiger partial charge on any atom is -0.317 e. The lowest BCUT2D eigenvalue weighted by molar-refractivity contribution is -0.116. The van der Waals surface area contributed by atoms with Crippen LogP contribution in [-0.2, 0) is 17.8 Å². The van der Waals surface area contributed by atoms with Crippen molar-refractivity contribution in [3.8, 4) is 10.6 Å². The number of nitrogens with one attached hydrogen (secondary N) is 2. The van der Waals surface area contributed by atoms with Gasteiger partial charge in [-0.1, -0.05) is 29.8 Å². The topological polar surface area (TPSA) is 57.3 Å². The lowest BCUT2D eigenvalue weighted by Gasteiger charge is -2.25. The SMILES string of the molecule is CCC(C)NCCC(=O)Nc1sc2c(c1-c1nc3cc(Br)ccc3s1)CCN(CC)C2. The first-order chi connectivity index (χ1) is 15.0. The molecule has 1 aliphatic heterocycles. The molecule has 5 nitrogen and oxygen atoms in total. The third kappa shape index (κ3) is 5.20. The van der Waals surface area contributed by atoms with Crippen molar-refractivity contribution < 1.29 is 4.79 Å². The number of carbonyl (C=O) groups is 1. The Morgan fingerprint density at radius 3 is 2.94 bits per heavy atom. The molecule has 1 unspecified atom stereocenters. The molecule has 3 aromatic rings. The fourth-order valence-electron chi connectivity index (χ4n) is 3.81. The molecule has 2 aromatic heterocycles. The summed E-state index contributed by atoms with van der Waals surface area (Å²) in [6.07, 6.45) is 2.53. The molecule has 3 heterocycles. The molecule has 2 N–H and O–H groups in total. The molecule has 0 saturated heterocycles. The Kier molecular flexibility index (Phi) is 7.44. The lowest BCUT2D eigenvalue weighted by Crippen LogP contribution is -2.29. The normalized spacial score (nSPS) is 15.2. The van der Waals surface area contributed by atoms with Gasteiger partial charge in [-0.3, -0.25) is 9.69 Å². The van der Waals surface area contributed by atoms with Gasteiger partial charge in [0.05, 0.1) is 10.2 Å². The van der Waals surface area contributed by atoms with Gasteiger partial charge >= 0.3 is 0 Å². The predicted molar refractivity (Wildman–Crippen MR) is 136 cm³/mol. The van der Waals surface area contributed by atoms with E-state index in [0.717, 1.165) is 58.0 Å². The molecule has 0 fully saturated rings. The van der Waals surface area contributed by atoms with Crippen molar-refractivity contribution in [1.82, 2.24) is 15.2 Å². The molecule has 1 aromatic carbocycles.